The average Bonchev–Trinajstić information content (AvgIpc) is 3.14. The van der Waals surface area contributed by atoms with Crippen LogP contribution in [0.4, 0.5) is 0 Å². The highest BCUT2D eigenvalue weighted by molar-refractivity contribution is 7.13. The number of imidazole rings is 1. The normalized spacial score (nSPS) is 11.2. The number of thiazole rings is 1. The Kier molecular flexibility index (Phi) is 4.87. The summed E-state index contributed by atoms with van der Waals surface area (Å²) in [6, 6.07) is 8.12. The fourth-order valence-electron chi connectivity index (χ4n) is 2.57. The summed E-state index contributed by atoms with van der Waals surface area (Å²) >= 11 is 1.59. The van der Waals surface area contributed by atoms with Gasteiger partial charge in [0, 0.05) is 18.1 Å². The van der Waals surface area contributed by atoms with E-state index in [4.69, 9.17) is 15.0 Å². The van der Waals surface area contributed by atoms with E-state index in [1.54, 1.807) is 17.5 Å². The van der Waals surface area contributed by atoms with Crippen molar-refractivity contribution in [3.63, 3.8) is 0 Å². The second-order valence-electron chi connectivity index (χ2n) is 5.24. The van der Waals surface area contributed by atoms with Crippen LogP contribution in [0.1, 0.15) is 19.3 Å². The standard InChI is InChI=1S/C15H18BN3O2S/c20-16(21)8-4-1-5-10-19-13-7-3-2-6-12(13)18-14(19)15-17-9-11-22-15/h2-3,6-7,9,11,20-21H,1,4-5,8,10H2. The maximum atomic E-state index is 8.88. The lowest BCUT2D eigenvalue weighted by Crippen LogP contribution is -2.09. The number of nitrogens with zero attached hydrogens (tertiary/aromatic N) is 3. The highest BCUT2D eigenvalue weighted by atomic mass is 32.1. The zero-order chi connectivity index (χ0) is 15.4. The minimum Gasteiger partial charge on any atom is -0.427 e. The van der Waals surface area contributed by atoms with E-state index in [0.29, 0.717) is 6.32 Å². The van der Waals surface area contributed by atoms with E-state index >= 15 is 0 Å². The number of fused-ring (bicyclic) bond motifs is 1. The predicted molar refractivity (Wildman–Crippen MR) is 89.7 cm³/mol. The van der Waals surface area contributed by atoms with Crippen LogP contribution in [0.5, 0.6) is 0 Å². The van der Waals surface area contributed by atoms with Crippen molar-refractivity contribution in [2.75, 3.05) is 0 Å². The smallest absolute Gasteiger partial charge is 0.427 e. The number of benzene rings is 1. The van der Waals surface area contributed by atoms with Crippen LogP contribution in [0.15, 0.2) is 35.8 Å². The Labute approximate surface area is 133 Å². The molecule has 0 bridgehead atoms. The van der Waals surface area contributed by atoms with Gasteiger partial charge in [0.1, 0.15) is 0 Å². The maximum Gasteiger partial charge on any atom is 0.451 e. The van der Waals surface area contributed by atoms with Gasteiger partial charge in [-0.05, 0) is 24.9 Å². The zero-order valence-electron chi connectivity index (χ0n) is 12.2. The van der Waals surface area contributed by atoms with E-state index in [1.807, 2.05) is 23.6 Å². The molecule has 5 nitrogen and oxygen atoms in total. The molecule has 2 N–H and O–H groups in total. The molecule has 0 saturated heterocycles. The first-order valence-corrected chi connectivity index (χ1v) is 8.35. The molecule has 7 heteroatoms. The number of unbranched alkanes of at least 4 members (excludes halogenated alkanes) is 2. The zero-order valence-corrected chi connectivity index (χ0v) is 13.0. The number of hydrogen-bond donors (Lipinski definition) is 2. The SMILES string of the molecule is OB(O)CCCCCn1c(-c2nccs2)nc2ccccc21. The largest absolute Gasteiger partial charge is 0.451 e. The van der Waals surface area contributed by atoms with Crippen LogP contribution in [0.3, 0.4) is 0 Å². The Balaban J connectivity index is 1.79. The quantitative estimate of drug-likeness (QED) is 0.519. The van der Waals surface area contributed by atoms with Gasteiger partial charge in [0.2, 0.25) is 0 Å². The van der Waals surface area contributed by atoms with Crippen molar-refractivity contribution in [1.29, 1.82) is 0 Å². The third-order valence-corrected chi connectivity index (χ3v) is 4.39. The molecule has 0 aliphatic rings. The fourth-order valence-corrected chi connectivity index (χ4v) is 3.21. The van der Waals surface area contributed by atoms with E-state index < -0.39 is 7.12 Å². The highest BCUT2D eigenvalue weighted by Gasteiger charge is 2.14. The molecule has 3 rings (SSSR count). The number of hydrogen-bond acceptors (Lipinski definition) is 5. The second-order valence-corrected chi connectivity index (χ2v) is 6.14. The van der Waals surface area contributed by atoms with Crippen molar-refractivity contribution in [3.05, 3.63) is 35.8 Å². The summed E-state index contributed by atoms with van der Waals surface area (Å²) < 4.78 is 2.21. The van der Waals surface area contributed by atoms with E-state index in [-0.39, 0.29) is 0 Å². The molecule has 0 atom stereocenters. The Morgan fingerprint density at radius 3 is 2.77 bits per heavy atom. The molecule has 22 heavy (non-hydrogen) atoms. The Bertz CT molecular complexity index is 728. The van der Waals surface area contributed by atoms with Gasteiger partial charge in [-0.25, -0.2) is 9.97 Å². The summed E-state index contributed by atoms with van der Waals surface area (Å²) in [5.74, 6) is 0.915. The van der Waals surface area contributed by atoms with Crippen LogP contribution in [-0.4, -0.2) is 31.7 Å². The third-order valence-electron chi connectivity index (χ3n) is 3.62. The first-order valence-electron chi connectivity index (χ1n) is 7.47. The molecule has 0 amide bonds. The van der Waals surface area contributed by atoms with Crippen molar-refractivity contribution >= 4 is 29.5 Å². The Hall–Kier alpha value is -1.70. The Morgan fingerprint density at radius 2 is 2.00 bits per heavy atom. The van der Waals surface area contributed by atoms with Gasteiger partial charge in [0.05, 0.1) is 11.0 Å². The van der Waals surface area contributed by atoms with E-state index in [1.165, 1.54) is 0 Å². The number of aryl methyl sites for hydroxylation is 1. The molecule has 2 heterocycles. The van der Waals surface area contributed by atoms with Crippen molar-refractivity contribution in [3.8, 4) is 10.8 Å². The summed E-state index contributed by atoms with van der Waals surface area (Å²) in [4.78, 5) is 9.09. The van der Waals surface area contributed by atoms with Gasteiger partial charge < -0.3 is 14.6 Å². The van der Waals surface area contributed by atoms with Crippen LogP contribution in [-0.2, 0) is 6.54 Å². The molecule has 1 aromatic carbocycles. The molecule has 0 unspecified atom stereocenters. The summed E-state index contributed by atoms with van der Waals surface area (Å²) in [7, 11) is -1.19. The van der Waals surface area contributed by atoms with Gasteiger partial charge in [-0.15, -0.1) is 11.3 Å². The average molecular weight is 315 g/mol. The molecule has 2 aromatic heterocycles. The molecule has 0 aliphatic heterocycles. The van der Waals surface area contributed by atoms with Crippen LogP contribution in [0.25, 0.3) is 21.9 Å². The monoisotopic (exact) mass is 315 g/mol. The molecule has 0 radical (unpaired) electrons. The van der Waals surface area contributed by atoms with Gasteiger partial charge >= 0.3 is 7.12 Å². The third kappa shape index (κ3) is 3.37. The fraction of sp³-hybridized carbons (Fsp3) is 0.333. The van der Waals surface area contributed by atoms with Crippen molar-refractivity contribution in [2.45, 2.75) is 32.1 Å². The molecular formula is C15H18BN3O2S. The highest BCUT2D eigenvalue weighted by Crippen LogP contribution is 2.26. The van der Waals surface area contributed by atoms with Crippen LogP contribution in [0.2, 0.25) is 6.32 Å². The van der Waals surface area contributed by atoms with Gasteiger partial charge in [0.15, 0.2) is 10.8 Å². The van der Waals surface area contributed by atoms with Crippen molar-refractivity contribution in [2.24, 2.45) is 0 Å². The first kappa shape index (κ1) is 15.2. The molecule has 0 fully saturated rings. The number of aromatic nitrogens is 3. The first-order chi connectivity index (χ1) is 10.8. The van der Waals surface area contributed by atoms with Crippen molar-refractivity contribution in [1.82, 2.24) is 14.5 Å². The van der Waals surface area contributed by atoms with E-state index in [2.05, 4.69) is 15.6 Å². The van der Waals surface area contributed by atoms with E-state index in [9.17, 15) is 0 Å². The van der Waals surface area contributed by atoms with Gasteiger partial charge in [-0.1, -0.05) is 25.0 Å². The van der Waals surface area contributed by atoms with Crippen LogP contribution in [0, 0.1) is 0 Å². The topological polar surface area (TPSA) is 71.2 Å². The summed E-state index contributed by atoms with van der Waals surface area (Å²) in [5.41, 5.74) is 2.10. The molecule has 0 aliphatic carbocycles. The summed E-state index contributed by atoms with van der Waals surface area (Å²) in [6.45, 7) is 0.858. The molecule has 0 spiro atoms. The number of para-hydroxylation sites is 2. The maximum absolute atomic E-state index is 8.88. The summed E-state index contributed by atoms with van der Waals surface area (Å²) in [5, 5.41) is 20.7. The van der Waals surface area contributed by atoms with Gasteiger partial charge in [0.25, 0.3) is 0 Å². The summed E-state index contributed by atoms with van der Waals surface area (Å²) in [6.07, 6.45) is 4.99. The lowest BCUT2D eigenvalue weighted by molar-refractivity contribution is 0.401. The van der Waals surface area contributed by atoms with Crippen molar-refractivity contribution < 1.29 is 10.0 Å². The molecule has 114 valence electrons. The van der Waals surface area contributed by atoms with E-state index in [0.717, 1.165) is 47.7 Å². The van der Waals surface area contributed by atoms with Gasteiger partial charge in [-0.3, -0.25) is 0 Å². The molecule has 0 saturated carbocycles. The van der Waals surface area contributed by atoms with Crippen LogP contribution < -0.4 is 0 Å². The lowest BCUT2D eigenvalue weighted by Gasteiger charge is -2.07. The molecule has 3 aromatic rings. The molecular weight excluding hydrogens is 297 g/mol. The van der Waals surface area contributed by atoms with Gasteiger partial charge in [-0.2, -0.15) is 0 Å². The minimum atomic E-state index is -1.19. The second kappa shape index (κ2) is 7.04. The predicted octanol–water partition coefficient (Wildman–Crippen LogP) is 2.80. The number of rotatable bonds is 7. The Morgan fingerprint density at radius 1 is 1.14 bits per heavy atom. The minimum absolute atomic E-state index is 0.435. The lowest BCUT2D eigenvalue weighted by atomic mass is 9.83. The van der Waals surface area contributed by atoms with Crippen LogP contribution >= 0.6 is 11.3 Å².